The molecule has 590 valence electrons. The van der Waals surface area contributed by atoms with E-state index in [0.29, 0.717) is 115 Å². The molecule has 7 aromatic rings. The van der Waals surface area contributed by atoms with E-state index in [-0.39, 0.29) is 93.2 Å². The number of thioether (sulfide) groups is 5. The Morgan fingerprint density at radius 1 is 0.409 bits per heavy atom. The van der Waals surface area contributed by atoms with Gasteiger partial charge in [0.1, 0.15) is 17.3 Å². The summed E-state index contributed by atoms with van der Waals surface area (Å²) in [5.74, 6) is -2.21. The molecule has 6 aromatic carbocycles. The molecule has 18 N–H and O–H groups in total. The standard InChI is InChI=1S/C19H20N2O5S.C16H14FN3O3S.2C14H21N3O2S.C13H19N3O2S/c1-25-13-9-12(10-14(11-13)26-2)19(24)27-16-6-4-3-5-15(16)18(23)21-8-7-17(20)22;17-11-3-4-13(24-16(23)10-2-1-6-19-9-10)12(8-11)15(22)20-7-5-14(18)21;1-10(2)17-14(19)20-12-7-4-3-6-11(12)13(18)16-9-5-8-15;1-2-9-17-14(19)20-12-7-4-3-6-11(12)13(18)16-10-5-8-15;1-9(2)16-13(18)19-11-6-4-3-5-10(11)12(17)15-8-7-14/h3-6,9-11H,7-8H2,1-2H3,(H2,20,22)(H,21,23);1-4,6,8-9H,5,7H2,(H2,18,21)(H,20,22);3-4,6-7,10H,5,8-9,15H2,1-2H3,(H,16,18)(H,17,19);3-4,6-7H,2,5,8-10,15H2,1H3,(H,16,18)(H,17,19);3-6,9H,7-8,14H2,1-2H3,(H,15,17)(H,16,18). The van der Waals surface area contributed by atoms with E-state index in [2.05, 4.69) is 47.5 Å². The number of hydrogen-bond donors (Lipinski definition) is 13. The molecule has 110 heavy (non-hydrogen) atoms. The highest BCUT2D eigenvalue weighted by molar-refractivity contribution is 8.15. The van der Waals surface area contributed by atoms with Crippen LogP contribution in [0.15, 0.2) is 182 Å². The van der Waals surface area contributed by atoms with Crippen LogP contribution in [0, 0.1) is 5.82 Å². The van der Waals surface area contributed by atoms with Gasteiger partial charge in [0.2, 0.25) is 22.0 Å². The van der Waals surface area contributed by atoms with Crippen LogP contribution in [0.5, 0.6) is 11.5 Å². The normalized spacial score (nSPS) is 10.2. The molecule has 0 bridgehead atoms. The first-order valence-electron chi connectivity index (χ1n) is 34.4. The SMILES string of the molecule is CC(C)NC(=O)Sc1ccccc1C(=O)NCCCN.CC(C)NC(=O)Sc1ccccc1C(=O)NCCN.CCCNC(=O)Sc1ccccc1C(=O)NCCCN.COc1cc(OC)cc(C(=O)Sc2ccccc2C(=O)NCCC(N)=O)c1.NC(=O)CCNC(=O)c1cc(F)ccc1SC(=O)c1cccnc1. The number of halogens is 1. The molecule has 0 aliphatic heterocycles. The fourth-order valence-corrected chi connectivity index (χ4v) is 12.7. The fourth-order valence-electron chi connectivity index (χ4n) is 8.43. The van der Waals surface area contributed by atoms with Gasteiger partial charge in [-0.05, 0) is 210 Å². The number of methoxy groups -OCH3 is 2. The van der Waals surface area contributed by atoms with E-state index < -0.39 is 23.5 Å². The molecule has 28 nitrogen and oxygen atoms in total. The first-order valence-corrected chi connectivity index (χ1v) is 38.5. The Hall–Kier alpha value is -10.3. The number of nitrogens with one attached hydrogen (secondary N) is 8. The van der Waals surface area contributed by atoms with Gasteiger partial charge in [-0.1, -0.05) is 55.5 Å². The van der Waals surface area contributed by atoms with Crippen LogP contribution in [0.1, 0.15) is 139 Å². The van der Waals surface area contributed by atoms with E-state index in [4.69, 9.17) is 38.1 Å². The molecule has 0 atom stereocenters. The number of amides is 10. The number of nitrogens with two attached hydrogens (primary N) is 5. The summed E-state index contributed by atoms with van der Waals surface area (Å²) < 4.78 is 23.8. The van der Waals surface area contributed by atoms with Crippen molar-refractivity contribution in [3.8, 4) is 11.5 Å². The van der Waals surface area contributed by atoms with Gasteiger partial charge in [-0.3, -0.25) is 62.5 Å². The van der Waals surface area contributed by atoms with Crippen molar-refractivity contribution in [2.45, 2.75) is 103 Å². The highest BCUT2D eigenvalue weighted by Gasteiger charge is 2.22. The van der Waals surface area contributed by atoms with E-state index in [1.54, 1.807) is 115 Å². The number of ether oxygens (including phenoxy) is 2. The van der Waals surface area contributed by atoms with Crippen LogP contribution in [0.3, 0.4) is 0 Å². The minimum Gasteiger partial charge on any atom is -0.497 e. The third-order valence-corrected chi connectivity index (χ3v) is 18.3. The van der Waals surface area contributed by atoms with Crippen molar-refractivity contribution >= 4 is 126 Å². The number of carbonyl (C=O) groups excluding carboxylic acids is 12. The van der Waals surface area contributed by atoms with Crippen LogP contribution in [-0.4, -0.2) is 157 Å². The molecule has 0 fully saturated rings. The van der Waals surface area contributed by atoms with E-state index in [9.17, 15) is 61.9 Å². The van der Waals surface area contributed by atoms with Gasteiger partial charge in [-0.15, -0.1) is 0 Å². The summed E-state index contributed by atoms with van der Waals surface area (Å²) in [7, 11) is 3.00. The molecule has 1 heterocycles. The minimum absolute atomic E-state index is 0.0155. The van der Waals surface area contributed by atoms with Gasteiger partial charge in [-0.25, -0.2) is 4.39 Å². The smallest absolute Gasteiger partial charge is 0.284 e. The highest BCUT2D eigenvalue weighted by Crippen LogP contribution is 2.32. The quantitative estimate of drug-likeness (QED) is 0.0138. The van der Waals surface area contributed by atoms with Crippen LogP contribution in [0.2, 0.25) is 0 Å². The number of carbonyl (C=O) groups is 12. The van der Waals surface area contributed by atoms with Crippen molar-refractivity contribution in [2.24, 2.45) is 28.7 Å². The van der Waals surface area contributed by atoms with E-state index >= 15 is 0 Å². The highest BCUT2D eigenvalue weighted by atomic mass is 32.2. The summed E-state index contributed by atoms with van der Waals surface area (Å²) in [6.07, 6.45) is 5.31. The van der Waals surface area contributed by atoms with Crippen molar-refractivity contribution in [2.75, 3.05) is 73.1 Å². The second kappa shape index (κ2) is 53.5. The summed E-state index contributed by atoms with van der Waals surface area (Å²) in [4.78, 5) is 149. The predicted octanol–water partition coefficient (Wildman–Crippen LogP) is 9.54. The summed E-state index contributed by atoms with van der Waals surface area (Å²) in [6.45, 7) is 13.3. The Bertz CT molecular complexity index is 4160. The number of hydrogen-bond acceptors (Lipinski definition) is 23. The molecule has 1 aromatic heterocycles. The van der Waals surface area contributed by atoms with Crippen molar-refractivity contribution in [3.63, 3.8) is 0 Å². The second-order valence-corrected chi connectivity index (χ2v) is 28.3. The van der Waals surface area contributed by atoms with Gasteiger partial charge in [0, 0.05) is 125 Å². The Balaban J connectivity index is 0.000000359. The predicted molar refractivity (Wildman–Crippen MR) is 431 cm³/mol. The fraction of sp³-hybridized carbons (Fsp3) is 0.303. The molecule has 0 spiro atoms. The maximum absolute atomic E-state index is 13.5. The van der Waals surface area contributed by atoms with Crippen molar-refractivity contribution in [3.05, 3.63) is 203 Å². The summed E-state index contributed by atoms with van der Waals surface area (Å²) >= 11 is 4.82. The number of rotatable bonds is 32. The molecule has 0 unspecified atom stereocenters. The summed E-state index contributed by atoms with van der Waals surface area (Å²) in [5.41, 5.74) is 28.8. The van der Waals surface area contributed by atoms with Gasteiger partial charge < -0.3 is 80.7 Å². The average molecular weight is 1610 g/mol. The van der Waals surface area contributed by atoms with Crippen LogP contribution in [0.4, 0.5) is 18.8 Å². The van der Waals surface area contributed by atoms with Crippen LogP contribution in [0.25, 0.3) is 0 Å². The van der Waals surface area contributed by atoms with E-state index in [1.165, 1.54) is 38.7 Å². The molecule has 0 saturated heterocycles. The molecular formula is C76H95FN14O14S5. The number of aromatic nitrogens is 1. The van der Waals surface area contributed by atoms with Gasteiger partial charge >= 0.3 is 0 Å². The topological polar surface area (TPSA) is 463 Å². The van der Waals surface area contributed by atoms with Gasteiger partial charge in [-0.2, -0.15) is 0 Å². The number of nitrogens with zero attached hydrogens (tertiary/aromatic N) is 1. The molecule has 0 aliphatic rings. The second-order valence-electron chi connectivity index (χ2n) is 23.2. The lowest BCUT2D eigenvalue weighted by atomic mass is 10.2. The summed E-state index contributed by atoms with van der Waals surface area (Å²) in [5, 5.41) is 20.6. The lowest BCUT2D eigenvalue weighted by Crippen LogP contribution is -2.30. The number of benzene rings is 6. The molecular weight excluding hydrogens is 1510 g/mol. The van der Waals surface area contributed by atoms with Crippen molar-refractivity contribution < 1.29 is 71.4 Å². The van der Waals surface area contributed by atoms with Crippen LogP contribution >= 0.6 is 58.8 Å². The average Bonchev–Trinajstić information content (AvgIpc) is 0.850. The third-order valence-electron chi connectivity index (χ3n) is 13.6. The van der Waals surface area contributed by atoms with E-state index in [1.807, 2.05) is 46.8 Å². The monoisotopic (exact) mass is 1610 g/mol. The first-order chi connectivity index (χ1) is 52.7. The Morgan fingerprint density at radius 3 is 1.15 bits per heavy atom. The lowest BCUT2D eigenvalue weighted by Gasteiger charge is -2.11. The first kappa shape index (κ1) is 93.9. The molecule has 0 saturated carbocycles. The zero-order valence-electron chi connectivity index (χ0n) is 62.0. The van der Waals surface area contributed by atoms with Gasteiger partial charge in [0.15, 0.2) is 0 Å². The molecule has 0 radical (unpaired) electrons. The maximum atomic E-state index is 13.5. The summed E-state index contributed by atoms with van der Waals surface area (Å²) in [6, 6.07) is 39.7. The number of primary amides is 2. The number of pyridine rings is 1. The lowest BCUT2D eigenvalue weighted by molar-refractivity contribution is -0.118. The zero-order valence-corrected chi connectivity index (χ0v) is 66.1. The molecule has 7 rings (SSSR count). The van der Waals surface area contributed by atoms with Crippen LogP contribution < -0.4 is 80.7 Å². The maximum Gasteiger partial charge on any atom is 0.284 e. The largest absolute Gasteiger partial charge is 0.497 e. The Labute approximate surface area is 660 Å². The van der Waals surface area contributed by atoms with E-state index in [0.717, 1.165) is 84.1 Å². The Morgan fingerprint density at radius 2 is 0.782 bits per heavy atom. The van der Waals surface area contributed by atoms with Crippen molar-refractivity contribution in [1.29, 1.82) is 0 Å². The zero-order chi connectivity index (χ0) is 81.3. The minimum atomic E-state index is -0.603. The van der Waals surface area contributed by atoms with Gasteiger partial charge in [0.25, 0.3) is 45.3 Å². The van der Waals surface area contributed by atoms with Crippen LogP contribution in [-0.2, 0) is 9.59 Å². The molecule has 34 heteroatoms. The Kier molecular flexibility index (Phi) is 45.6. The molecule has 10 amide bonds. The van der Waals surface area contributed by atoms with Gasteiger partial charge in [0.05, 0.1) is 42.0 Å². The third kappa shape index (κ3) is 37.2. The molecule has 0 aliphatic carbocycles. The van der Waals surface area contributed by atoms with Crippen molar-refractivity contribution in [1.82, 2.24) is 47.5 Å².